The van der Waals surface area contributed by atoms with Crippen molar-refractivity contribution in [1.29, 1.82) is 0 Å². The second-order valence-corrected chi connectivity index (χ2v) is 3.05. The van der Waals surface area contributed by atoms with Crippen molar-refractivity contribution in [3.05, 3.63) is 11.9 Å². The molecule has 0 aliphatic carbocycles. The Morgan fingerprint density at radius 3 is 2.67 bits per heavy atom. The molecule has 3 heteroatoms. The Hall–Kier alpha value is -0.990. The van der Waals surface area contributed by atoms with Crippen molar-refractivity contribution >= 4 is 0 Å². The highest BCUT2D eigenvalue weighted by molar-refractivity contribution is 5.25. The first-order chi connectivity index (χ1) is 5.70. The third-order valence-corrected chi connectivity index (χ3v) is 1.90. The van der Waals surface area contributed by atoms with Crippen LogP contribution in [0.25, 0.3) is 0 Å². The summed E-state index contributed by atoms with van der Waals surface area (Å²) in [4.78, 5) is 0. The molecule has 0 fully saturated rings. The summed E-state index contributed by atoms with van der Waals surface area (Å²) >= 11 is 0. The summed E-state index contributed by atoms with van der Waals surface area (Å²) < 4.78 is 7.18. The summed E-state index contributed by atoms with van der Waals surface area (Å²) in [6, 6.07) is 0.406. The van der Waals surface area contributed by atoms with Crippen molar-refractivity contribution in [3.8, 4) is 5.75 Å². The van der Waals surface area contributed by atoms with Crippen LogP contribution in [0, 0.1) is 0 Å². The second kappa shape index (κ2) is 3.61. The van der Waals surface area contributed by atoms with Gasteiger partial charge in [-0.3, -0.25) is 4.68 Å². The van der Waals surface area contributed by atoms with Gasteiger partial charge >= 0.3 is 0 Å². The van der Waals surface area contributed by atoms with Crippen molar-refractivity contribution in [2.75, 3.05) is 7.11 Å². The molecule has 1 heterocycles. The molecule has 1 aromatic heterocycles. The molecule has 0 bridgehead atoms. The standard InChI is InChI=1S/C9H16N2O/c1-5-8-9(12-4)6-10-11(8)7(2)3/h6-7H,5H2,1-4H3. The summed E-state index contributed by atoms with van der Waals surface area (Å²) in [5.74, 6) is 0.895. The molecule has 0 amide bonds. The summed E-state index contributed by atoms with van der Waals surface area (Å²) in [6.07, 6.45) is 2.74. The van der Waals surface area contributed by atoms with Gasteiger partial charge in [-0.2, -0.15) is 5.10 Å². The Bertz CT molecular complexity index is 253. The molecule has 0 radical (unpaired) electrons. The molecule has 68 valence electrons. The van der Waals surface area contributed by atoms with Crippen molar-refractivity contribution in [1.82, 2.24) is 9.78 Å². The van der Waals surface area contributed by atoms with E-state index in [0.29, 0.717) is 6.04 Å². The van der Waals surface area contributed by atoms with Crippen LogP contribution in [0.5, 0.6) is 5.75 Å². The number of hydrogen-bond acceptors (Lipinski definition) is 2. The van der Waals surface area contributed by atoms with Crippen LogP contribution >= 0.6 is 0 Å². The molecule has 3 nitrogen and oxygen atoms in total. The maximum absolute atomic E-state index is 5.18. The lowest BCUT2D eigenvalue weighted by molar-refractivity contribution is 0.405. The first-order valence-electron chi connectivity index (χ1n) is 4.31. The first kappa shape index (κ1) is 9.10. The number of methoxy groups -OCH3 is 1. The quantitative estimate of drug-likeness (QED) is 0.690. The number of rotatable bonds is 3. The molecular weight excluding hydrogens is 152 g/mol. The molecule has 0 N–H and O–H groups in total. The molecule has 0 saturated heterocycles. The van der Waals surface area contributed by atoms with Gasteiger partial charge in [0.25, 0.3) is 0 Å². The summed E-state index contributed by atoms with van der Waals surface area (Å²) in [5, 5.41) is 4.25. The topological polar surface area (TPSA) is 27.1 Å². The van der Waals surface area contributed by atoms with Crippen molar-refractivity contribution in [3.63, 3.8) is 0 Å². The number of hydrogen-bond donors (Lipinski definition) is 0. The Balaban J connectivity index is 3.05. The molecule has 1 rings (SSSR count). The molecule has 0 spiro atoms. The smallest absolute Gasteiger partial charge is 0.159 e. The molecule has 0 saturated carbocycles. The molecule has 1 aromatic rings. The van der Waals surface area contributed by atoms with E-state index in [0.717, 1.165) is 12.2 Å². The van der Waals surface area contributed by atoms with Gasteiger partial charge < -0.3 is 4.74 Å². The SMILES string of the molecule is CCc1c(OC)cnn1C(C)C. The minimum absolute atomic E-state index is 0.406. The van der Waals surface area contributed by atoms with Gasteiger partial charge in [-0.15, -0.1) is 0 Å². The molecule has 12 heavy (non-hydrogen) atoms. The Morgan fingerprint density at radius 1 is 1.58 bits per heavy atom. The zero-order valence-electron chi connectivity index (χ0n) is 8.16. The highest BCUT2D eigenvalue weighted by Crippen LogP contribution is 2.20. The fraction of sp³-hybridized carbons (Fsp3) is 0.667. The fourth-order valence-electron chi connectivity index (χ4n) is 1.32. The third-order valence-electron chi connectivity index (χ3n) is 1.90. The van der Waals surface area contributed by atoms with Gasteiger partial charge in [-0.05, 0) is 20.3 Å². The summed E-state index contributed by atoms with van der Waals surface area (Å²) in [6.45, 7) is 6.34. The lowest BCUT2D eigenvalue weighted by Gasteiger charge is -2.09. The Morgan fingerprint density at radius 2 is 2.25 bits per heavy atom. The van der Waals surface area contributed by atoms with E-state index in [-0.39, 0.29) is 0 Å². The van der Waals surface area contributed by atoms with Crippen LogP contribution in [0.2, 0.25) is 0 Å². The van der Waals surface area contributed by atoms with E-state index in [4.69, 9.17) is 4.74 Å². The molecular formula is C9H16N2O. The number of aromatic nitrogens is 2. The largest absolute Gasteiger partial charge is 0.493 e. The fourth-order valence-corrected chi connectivity index (χ4v) is 1.32. The van der Waals surface area contributed by atoms with Gasteiger partial charge in [0, 0.05) is 6.04 Å². The van der Waals surface area contributed by atoms with Crippen LogP contribution < -0.4 is 4.74 Å². The van der Waals surface area contributed by atoms with Crippen LogP contribution in [0.3, 0.4) is 0 Å². The third kappa shape index (κ3) is 1.44. The van der Waals surface area contributed by atoms with E-state index in [2.05, 4.69) is 25.9 Å². The lowest BCUT2D eigenvalue weighted by atomic mass is 10.3. The van der Waals surface area contributed by atoms with Crippen LogP contribution in [0.4, 0.5) is 0 Å². The monoisotopic (exact) mass is 168 g/mol. The second-order valence-electron chi connectivity index (χ2n) is 3.05. The van der Waals surface area contributed by atoms with E-state index >= 15 is 0 Å². The van der Waals surface area contributed by atoms with Gasteiger partial charge in [0.15, 0.2) is 5.75 Å². The lowest BCUT2D eigenvalue weighted by Crippen LogP contribution is -2.06. The Labute approximate surface area is 73.3 Å². The van der Waals surface area contributed by atoms with E-state index in [1.807, 2.05) is 4.68 Å². The first-order valence-corrected chi connectivity index (χ1v) is 4.31. The average Bonchev–Trinajstić information content (AvgIpc) is 2.46. The van der Waals surface area contributed by atoms with Crippen LogP contribution in [-0.4, -0.2) is 16.9 Å². The van der Waals surface area contributed by atoms with Gasteiger partial charge in [0.2, 0.25) is 0 Å². The highest BCUT2D eigenvalue weighted by Gasteiger charge is 2.10. The Kier molecular flexibility index (Phi) is 2.74. The van der Waals surface area contributed by atoms with Gasteiger partial charge in [0.05, 0.1) is 19.0 Å². The molecule has 0 aromatic carbocycles. The van der Waals surface area contributed by atoms with Crippen LogP contribution in [0.15, 0.2) is 6.20 Å². The minimum atomic E-state index is 0.406. The molecule has 0 aliphatic rings. The van der Waals surface area contributed by atoms with Gasteiger partial charge in [0.1, 0.15) is 0 Å². The van der Waals surface area contributed by atoms with E-state index in [1.54, 1.807) is 13.3 Å². The van der Waals surface area contributed by atoms with Crippen molar-refractivity contribution in [2.24, 2.45) is 0 Å². The van der Waals surface area contributed by atoms with E-state index in [9.17, 15) is 0 Å². The van der Waals surface area contributed by atoms with E-state index < -0.39 is 0 Å². The van der Waals surface area contributed by atoms with Crippen LogP contribution in [0.1, 0.15) is 32.5 Å². The highest BCUT2D eigenvalue weighted by atomic mass is 16.5. The average molecular weight is 168 g/mol. The maximum atomic E-state index is 5.18. The maximum Gasteiger partial charge on any atom is 0.159 e. The predicted molar refractivity (Wildman–Crippen MR) is 48.5 cm³/mol. The zero-order valence-corrected chi connectivity index (χ0v) is 8.16. The van der Waals surface area contributed by atoms with Crippen molar-refractivity contribution in [2.45, 2.75) is 33.2 Å². The van der Waals surface area contributed by atoms with Gasteiger partial charge in [-0.25, -0.2) is 0 Å². The minimum Gasteiger partial charge on any atom is -0.493 e. The zero-order chi connectivity index (χ0) is 9.14. The number of ether oxygens (including phenoxy) is 1. The molecule has 0 aliphatic heterocycles. The summed E-state index contributed by atoms with van der Waals surface area (Å²) in [5.41, 5.74) is 1.17. The molecule has 0 unspecified atom stereocenters. The van der Waals surface area contributed by atoms with E-state index in [1.165, 1.54) is 5.69 Å². The number of nitrogens with zero attached hydrogens (tertiary/aromatic N) is 2. The van der Waals surface area contributed by atoms with Crippen LogP contribution in [-0.2, 0) is 6.42 Å². The predicted octanol–water partition coefficient (Wildman–Crippen LogP) is 2.04. The summed E-state index contributed by atoms with van der Waals surface area (Å²) in [7, 11) is 1.68. The normalized spacial score (nSPS) is 10.8. The van der Waals surface area contributed by atoms with Gasteiger partial charge in [-0.1, -0.05) is 6.92 Å². The van der Waals surface area contributed by atoms with Crippen molar-refractivity contribution < 1.29 is 4.74 Å². The molecule has 0 atom stereocenters.